The van der Waals surface area contributed by atoms with Crippen molar-refractivity contribution in [2.75, 3.05) is 0 Å². The van der Waals surface area contributed by atoms with Crippen molar-refractivity contribution < 1.29 is 9.66 Å². The van der Waals surface area contributed by atoms with Crippen LogP contribution in [0.1, 0.15) is 16.7 Å². The van der Waals surface area contributed by atoms with Gasteiger partial charge in [-0.25, -0.2) is 4.99 Å². The maximum Gasteiger partial charge on any atom is 0.270 e. The molecule has 0 atom stereocenters. The van der Waals surface area contributed by atoms with E-state index in [1.807, 2.05) is 30.3 Å². The zero-order valence-corrected chi connectivity index (χ0v) is 10.7. The summed E-state index contributed by atoms with van der Waals surface area (Å²) < 4.78 is 5.68. The molecule has 0 spiro atoms. The molecule has 3 rings (SSSR count). The van der Waals surface area contributed by atoms with Crippen LogP contribution in [0.15, 0.2) is 53.5 Å². The van der Waals surface area contributed by atoms with E-state index >= 15 is 0 Å². The third-order valence-corrected chi connectivity index (χ3v) is 3.15. The molecule has 0 aliphatic carbocycles. The first kappa shape index (κ1) is 12.3. The largest absolute Gasteiger partial charge is 0.473 e. The molecule has 5 nitrogen and oxygen atoms in total. The summed E-state index contributed by atoms with van der Waals surface area (Å²) in [6, 6.07) is 14.5. The van der Waals surface area contributed by atoms with E-state index in [1.165, 1.54) is 12.1 Å². The summed E-state index contributed by atoms with van der Waals surface area (Å²) in [6.07, 6.45) is 0. The van der Waals surface area contributed by atoms with Gasteiger partial charge in [0.15, 0.2) is 0 Å². The average Bonchev–Trinajstić information content (AvgIpc) is 2.88. The van der Waals surface area contributed by atoms with Gasteiger partial charge in [0.05, 0.1) is 11.5 Å². The molecule has 5 heteroatoms. The minimum atomic E-state index is -0.409. The molecule has 0 N–H and O–H groups in total. The van der Waals surface area contributed by atoms with Crippen LogP contribution in [0.3, 0.4) is 0 Å². The van der Waals surface area contributed by atoms with E-state index in [2.05, 4.69) is 4.99 Å². The van der Waals surface area contributed by atoms with E-state index in [1.54, 1.807) is 6.07 Å². The Kier molecular flexibility index (Phi) is 3.16. The molecule has 2 aromatic rings. The zero-order chi connectivity index (χ0) is 13.9. The molecule has 0 aromatic heterocycles. The summed E-state index contributed by atoms with van der Waals surface area (Å²) in [5.74, 6) is 0.479. The van der Waals surface area contributed by atoms with Gasteiger partial charge in [-0.1, -0.05) is 30.3 Å². The lowest BCUT2D eigenvalue weighted by molar-refractivity contribution is -0.384. The summed E-state index contributed by atoms with van der Waals surface area (Å²) in [6.45, 7) is 0.916. The van der Waals surface area contributed by atoms with Crippen LogP contribution in [0.5, 0.6) is 0 Å². The van der Waals surface area contributed by atoms with Crippen molar-refractivity contribution in [1.82, 2.24) is 0 Å². The van der Waals surface area contributed by atoms with Crippen LogP contribution in [0.4, 0.5) is 5.69 Å². The Morgan fingerprint density at radius 1 is 1.20 bits per heavy atom. The molecule has 20 heavy (non-hydrogen) atoms. The molecule has 0 saturated carbocycles. The molecule has 0 fully saturated rings. The molecule has 0 unspecified atom stereocenters. The SMILES string of the molecule is O=[N+]([O-])c1ccc2c(c1)C(OCc1ccccc1)=NC2. The number of fused-ring (bicyclic) bond motifs is 1. The fourth-order valence-electron chi connectivity index (χ4n) is 2.11. The number of aliphatic imine (C=N–C) groups is 1. The van der Waals surface area contributed by atoms with Crippen LogP contribution in [0.2, 0.25) is 0 Å². The van der Waals surface area contributed by atoms with Crippen LogP contribution < -0.4 is 0 Å². The minimum Gasteiger partial charge on any atom is -0.473 e. The van der Waals surface area contributed by atoms with E-state index in [4.69, 9.17) is 4.74 Å². The number of nitro benzene ring substituents is 1. The van der Waals surface area contributed by atoms with Crippen LogP contribution >= 0.6 is 0 Å². The highest BCUT2D eigenvalue weighted by Crippen LogP contribution is 2.24. The highest BCUT2D eigenvalue weighted by Gasteiger charge is 2.20. The van der Waals surface area contributed by atoms with Gasteiger partial charge in [-0.2, -0.15) is 0 Å². The Hall–Kier alpha value is -2.69. The van der Waals surface area contributed by atoms with Crippen LogP contribution in [0.25, 0.3) is 0 Å². The Labute approximate surface area is 115 Å². The first-order valence-corrected chi connectivity index (χ1v) is 6.23. The van der Waals surface area contributed by atoms with E-state index in [-0.39, 0.29) is 5.69 Å². The predicted molar refractivity (Wildman–Crippen MR) is 74.6 cm³/mol. The molecule has 1 aliphatic heterocycles. The summed E-state index contributed by atoms with van der Waals surface area (Å²) >= 11 is 0. The second kappa shape index (κ2) is 5.13. The lowest BCUT2D eigenvalue weighted by Gasteiger charge is -2.07. The Morgan fingerprint density at radius 2 is 2.00 bits per heavy atom. The van der Waals surface area contributed by atoms with Crippen LogP contribution in [0, 0.1) is 10.1 Å². The number of ether oxygens (including phenoxy) is 1. The Bertz CT molecular complexity index is 681. The van der Waals surface area contributed by atoms with Crippen molar-refractivity contribution in [2.24, 2.45) is 4.99 Å². The molecule has 100 valence electrons. The molecule has 0 saturated heterocycles. The number of rotatable bonds is 3. The van der Waals surface area contributed by atoms with Gasteiger partial charge in [-0.05, 0) is 17.2 Å². The van der Waals surface area contributed by atoms with Gasteiger partial charge in [0.25, 0.3) is 5.69 Å². The second-order valence-electron chi connectivity index (χ2n) is 4.49. The first-order valence-electron chi connectivity index (χ1n) is 6.23. The fourth-order valence-corrected chi connectivity index (χ4v) is 2.11. The van der Waals surface area contributed by atoms with Gasteiger partial charge in [-0.15, -0.1) is 0 Å². The maximum absolute atomic E-state index is 10.8. The Morgan fingerprint density at radius 3 is 2.75 bits per heavy atom. The van der Waals surface area contributed by atoms with E-state index in [0.717, 1.165) is 16.7 Å². The molecule has 1 heterocycles. The van der Waals surface area contributed by atoms with Crippen molar-refractivity contribution in [1.29, 1.82) is 0 Å². The summed E-state index contributed by atoms with van der Waals surface area (Å²) in [5.41, 5.74) is 2.77. The number of hydrogen-bond donors (Lipinski definition) is 0. The normalized spacial score (nSPS) is 12.7. The van der Waals surface area contributed by atoms with Gasteiger partial charge in [0, 0.05) is 17.7 Å². The zero-order valence-electron chi connectivity index (χ0n) is 10.7. The van der Waals surface area contributed by atoms with Crippen LogP contribution in [-0.4, -0.2) is 10.8 Å². The monoisotopic (exact) mass is 268 g/mol. The molecule has 1 aliphatic rings. The fraction of sp³-hybridized carbons (Fsp3) is 0.133. The van der Waals surface area contributed by atoms with Gasteiger partial charge in [0.2, 0.25) is 5.90 Å². The first-order chi connectivity index (χ1) is 9.74. The summed E-state index contributed by atoms with van der Waals surface area (Å²) in [5, 5.41) is 10.8. The van der Waals surface area contributed by atoms with Gasteiger partial charge < -0.3 is 4.74 Å². The third kappa shape index (κ3) is 2.38. The molecule has 0 bridgehead atoms. The summed E-state index contributed by atoms with van der Waals surface area (Å²) in [7, 11) is 0. The number of hydrogen-bond acceptors (Lipinski definition) is 4. The summed E-state index contributed by atoms with van der Waals surface area (Å²) in [4.78, 5) is 14.7. The Balaban J connectivity index is 1.78. The predicted octanol–water partition coefficient (Wildman–Crippen LogP) is 3.07. The lowest BCUT2D eigenvalue weighted by atomic mass is 10.1. The number of benzene rings is 2. The lowest BCUT2D eigenvalue weighted by Crippen LogP contribution is -2.05. The van der Waals surface area contributed by atoms with E-state index < -0.39 is 4.92 Å². The van der Waals surface area contributed by atoms with Crippen LogP contribution in [-0.2, 0) is 17.9 Å². The van der Waals surface area contributed by atoms with Gasteiger partial charge in [0.1, 0.15) is 6.61 Å². The smallest absolute Gasteiger partial charge is 0.270 e. The van der Waals surface area contributed by atoms with Crippen molar-refractivity contribution in [3.05, 3.63) is 75.3 Å². The molecule has 0 radical (unpaired) electrons. The molecular weight excluding hydrogens is 256 g/mol. The van der Waals surface area contributed by atoms with Crippen molar-refractivity contribution in [3.8, 4) is 0 Å². The third-order valence-electron chi connectivity index (χ3n) is 3.15. The quantitative estimate of drug-likeness (QED) is 0.634. The second-order valence-corrected chi connectivity index (χ2v) is 4.49. The highest BCUT2D eigenvalue weighted by molar-refractivity contribution is 5.98. The van der Waals surface area contributed by atoms with E-state index in [9.17, 15) is 10.1 Å². The average molecular weight is 268 g/mol. The van der Waals surface area contributed by atoms with Crippen molar-refractivity contribution in [2.45, 2.75) is 13.2 Å². The van der Waals surface area contributed by atoms with Gasteiger partial charge >= 0.3 is 0 Å². The molecule has 2 aromatic carbocycles. The number of nitro groups is 1. The van der Waals surface area contributed by atoms with Crippen molar-refractivity contribution in [3.63, 3.8) is 0 Å². The van der Waals surface area contributed by atoms with Gasteiger partial charge in [-0.3, -0.25) is 10.1 Å². The number of nitrogens with zero attached hydrogens (tertiary/aromatic N) is 2. The maximum atomic E-state index is 10.8. The van der Waals surface area contributed by atoms with Crippen molar-refractivity contribution >= 4 is 11.6 Å². The minimum absolute atomic E-state index is 0.0571. The number of non-ortho nitro benzene ring substituents is 1. The molecule has 0 amide bonds. The van der Waals surface area contributed by atoms with E-state index in [0.29, 0.717) is 19.0 Å². The highest BCUT2D eigenvalue weighted by atomic mass is 16.6. The topological polar surface area (TPSA) is 64.7 Å². The molecular formula is C15H12N2O3. The standard InChI is InChI=1S/C15H12N2O3/c18-17(19)13-7-6-12-9-16-15(14(12)8-13)20-10-11-4-2-1-3-5-11/h1-8H,9-10H2.